The summed E-state index contributed by atoms with van der Waals surface area (Å²) in [6, 6.07) is 8.45. The number of ether oxygens (including phenoxy) is 2. The van der Waals surface area contributed by atoms with Crippen LogP contribution in [0.25, 0.3) is 0 Å². The highest BCUT2D eigenvalue weighted by Crippen LogP contribution is 2.16. The number of likely N-dealkylation sites (tertiary alicyclic amines) is 1. The second-order valence-corrected chi connectivity index (χ2v) is 5.98. The summed E-state index contributed by atoms with van der Waals surface area (Å²) in [4.78, 5) is 7.14. The van der Waals surface area contributed by atoms with E-state index in [2.05, 4.69) is 41.4 Å². The van der Waals surface area contributed by atoms with Crippen LogP contribution in [-0.4, -0.2) is 51.3 Å². The largest absolute Gasteiger partial charge is 0.384 e. The predicted octanol–water partition coefficient (Wildman–Crippen LogP) is 2.88. The van der Waals surface area contributed by atoms with E-state index in [0.29, 0.717) is 19.1 Å². The van der Waals surface area contributed by atoms with Gasteiger partial charge in [-0.2, -0.15) is 0 Å². The van der Waals surface area contributed by atoms with Gasteiger partial charge in [-0.25, -0.2) is 4.99 Å². The van der Waals surface area contributed by atoms with Crippen molar-refractivity contribution in [3.8, 4) is 0 Å². The maximum absolute atomic E-state index is 5.28. The minimum absolute atomic E-state index is 0. The lowest BCUT2D eigenvalue weighted by Crippen LogP contribution is -2.40. The first-order valence-corrected chi connectivity index (χ1v) is 8.35. The molecule has 1 heterocycles. The fourth-order valence-electron chi connectivity index (χ4n) is 2.90. The van der Waals surface area contributed by atoms with E-state index in [1.54, 1.807) is 14.2 Å². The number of nitrogens with zero attached hydrogens (tertiary/aromatic N) is 2. The van der Waals surface area contributed by atoms with Gasteiger partial charge in [0.1, 0.15) is 0 Å². The van der Waals surface area contributed by atoms with E-state index in [9.17, 15) is 0 Å². The Morgan fingerprint density at radius 2 is 1.92 bits per heavy atom. The molecule has 1 aliphatic heterocycles. The van der Waals surface area contributed by atoms with Gasteiger partial charge in [-0.05, 0) is 24.5 Å². The maximum atomic E-state index is 5.28. The van der Waals surface area contributed by atoms with Crippen molar-refractivity contribution in [1.82, 2.24) is 10.2 Å². The molecule has 0 aliphatic carbocycles. The highest BCUT2D eigenvalue weighted by Gasteiger charge is 2.24. The molecule has 2 rings (SSSR count). The number of rotatable bonds is 7. The highest BCUT2D eigenvalue weighted by molar-refractivity contribution is 14.0. The topological polar surface area (TPSA) is 46.1 Å². The van der Waals surface area contributed by atoms with Crippen LogP contribution in [0.15, 0.2) is 29.3 Å². The van der Waals surface area contributed by atoms with Crippen LogP contribution in [0, 0.1) is 5.92 Å². The number of nitrogens with one attached hydrogen (secondary N) is 1. The molecule has 6 heteroatoms. The fraction of sp³-hybridized carbons (Fsp3) is 0.611. The van der Waals surface area contributed by atoms with Gasteiger partial charge in [0.2, 0.25) is 0 Å². The molecule has 1 unspecified atom stereocenters. The van der Waals surface area contributed by atoms with Gasteiger partial charge in [0.15, 0.2) is 5.96 Å². The molecule has 1 aromatic rings. The van der Waals surface area contributed by atoms with E-state index in [0.717, 1.165) is 32.2 Å². The summed E-state index contributed by atoms with van der Waals surface area (Å²) in [5, 5.41) is 3.40. The van der Waals surface area contributed by atoms with Crippen LogP contribution in [0.3, 0.4) is 0 Å². The van der Waals surface area contributed by atoms with Crippen LogP contribution < -0.4 is 5.32 Å². The summed E-state index contributed by atoms with van der Waals surface area (Å²) in [5.41, 5.74) is 2.40. The van der Waals surface area contributed by atoms with Crippen LogP contribution in [0.4, 0.5) is 0 Å². The van der Waals surface area contributed by atoms with Crippen molar-refractivity contribution >= 4 is 29.9 Å². The third-order valence-electron chi connectivity index (χ3n) is 4.07. The Kier molecular flexibility index (Phi) is 10.3. The van der Waals surface area contributed by atoms with Crippen LogP contribution in [0.2, 0.25) is 0 Å². The molecule has 5 nitrogen and oxygen atoms in total. The lowest BCUT2D eigenvalue weighted by Gasteiger charge is -2.21. The van der Waals surface area contributed by atoms with Gasteiger partial charge in [0.05, 0.1) is 19.8 Å². The molecule has 1 N–H and O–H groups in total. The van der Waals surface area contributed by atoms with E-state index in [1.807, 2.05) is 0 Å². The van der Waals surface area contributed by atoms with Gasteiger partial charge >= 0.3 is 0 Å². The predicted molar refractivity (Wildman–Crippen MR) is 109 cm³/mol. The number of methoxy groups -OCH3 is 2. The molecule has 1 atom stereocenters. The summed E-state index contributed by atoms with van der Waals surface area (Å²) < 4.78 is 10.4. The quantitative estimate of drug-likeness (QED) is 0.397. The van der Waals surface area contributed by atoms with Crippen LogP contribution in [0.1, 0.15) is 24.5 Å². The first-order valence-electron chi connectivity index (χ1n) is 8.35. The molecule has 0 radical (unpaired) electrons. The van der Waals surface area contributed by atoms with Gasteiger partial charge in [-0.1, -0.05) is 24.3 Å². The molecule has 136 valence electrons. The number of hydrogen-bond acceptors (Lipinski definition) is 3. The summed E-state index contributed by atoms with van der Waals surface area (Å²) >= 11 is 0. The van der Waals surface area contributed by atoms with E-state index >= 15 is 0 Å². The van der Waals surface area contributed by atoms with Crippen molar-refractivity contribution in [2.24, 2.45) is 10.9 Å². The van der Waals surface area contributed by atoms with Crippen molar-refractivity contribution in [3.05, 3.63) is 35.4 Å². The molecular weight excluding hydrogens is 417 g/mol. The molecule has 1 aliphatic rings. The van der Waals surface area contributed by atoms with E-state index in [4.69, 9.17) is 14.5 Å². The molecule has 0 spiro atoms. The zero-order valence-corrected chi connectivity index (χ0v) is 17.3. The Labute approximate surface area is 162 Å². The second-order valence-electron chi connectivity index (χ2n) is 5.98. The molecule has 1 aromatic carbocycles. The SMILES string of the molecule is CCNC(=NCc1ccc(COC)cc1)N1CCC(COC)C1.I. The molecule has 24 heavy (non-hydrogen) atoms. The summed E-state index contributed by atoms with van der Waals surface area (Å²) in [5.74, 6) is 1.62. The van der Waals surface area contributed by atoms with Crippen molar-refractivity contribution in [2.75, 3.05) is 40.5 Å². The smallest absolute Gasteiger partial charge is 0.194 e. The number of halogens is 1. The summed E-state index contributed by atoms with van der Waals surface area (Å²) in [6.45, 7) is 7.24. The number of benzene rings is 1. The van der Waals surface area contributed by atoms with Crippen LogP contribution in [0.5, 0.6) is 0 Å². The standard InChI is InChI=1S/C18H29N3O2.HI/c1-4-19-18(21-10-9-17(12-21)14-23-3)20-11-15-5-7-16(8-6-15)13-22-2;/h5-8,17H,4,9-14H2,1-3H3,(H,19,20);1H. The fourth-order valence-corrected chi connectivity index (χ4v) is 2.90. The number of aliphatic imine (C=N–C) groups is 1. The van der Waals surface area contributed by atoms with Gasteiger partial charge < -0.3 is 19.7 Å². The molecule has 0 bridgehead atoms. The van der Waals surface area contributed by atoms with Crippen molar-refractivity contribution < 1.29 is 9.47 Å². The maximum Gasteiger partial charge on any atom is 0.194 e. The first-order chi connectivity index (χ1) is 11.3. The number of hydrogen-bond donors (Lipinski definition) is 1. The van der Waals surface area contributed by atoms with Gasteiger partial charge in [0, 0.05) is 39.8 Å². The Balaban J connectivity index is 0.00000288. The summed E-state index contributed by atoms with van der Waals surface area (Å²) in [7, 11) is 3.49. The van der Waals surface area contributed by atoms with Crippen LogP contribution >= 0.6 is 24.0 Å². The molecule has 1 saturated heterocycles. The average molecular weight is 447 g/mol. The molecule has 0 aromatic heterocycles. The molecule has 0 saturated carbocycles. The molecule has 1 fully saturated rings. The third-order valence-corrected chi connectivity index (χ3v) is 4.07. The van der Waals surface area contributed by atoms with Crippen molar-refractivity contribution in [1.29, 1.82) is 0 Å². The summed E-state index contributed by atoms with van der Waals surface area (Å²) in [6.07, 6.45) is 1.17. The van der Waals surface area contributed by atoms with Crippen LogP contribution in [-0.2, 0) is 22.6 Å². The minimum Gasteiger partial charge on any atom is -0.384 e. The van der Waals surface area contributed by atoms with E-state index < -0.39 is 0 Å². The monoisotopic (exact) mass is 447 g/mol. The van der Waals surface area contributed by atoms with E-state index in [-0.39, 0.29) is 24.0 Å². The molecule has 0 amide bonds. The zero-order valence-electron chi connectivity index (χ0n) is 15.0. The van der Waals surface area contributed by atoms with Crippen molar-refractivity contribution in [3.63, 3.8) is 0 Å². The molecular formula is C18H30IN3O2. The van der Waals surface area contributed by atoms with Crippen molar-refractivity contribution in [2.45, 2.75) is 26.5 Å². The Hall–Kier alpha value is -0.860. The minimum atomic E-state index is 0. The van der Waals surface area contributed by atoms with Gasteiger partial charge in [-0.3, -0.25) is 0 Å². The zero-order chi connectivity index (χ0) is 16.5. The first kappa shape index (κ1) is 21.2. The Morgan fingerprint density at radius 1 is 1.21 bits per heavy atom. The lowest BCUT2D eigenvalue weighted by molar-refractivity contribution is 0.157. The highest BCUT2D eigenvalue weighted by atomic mass is 127. The van der Waals surface area contributed by atoms with Gasteiger partial charge in [0.25, 0.3) is 0 Å². The third kappa shape index (κ3) is 6.57. The Bertz CT molecular complexity index is 494. The second kappa shape index (κ2) is 11.7. The van der Waals surface area contributed by atoms with Gasteiger partial charge in [-0.15, -0.1) is 24.0 Å². The normalized spacial score (nSPS) is 17.7. The Morgan fingerprint density at radius 3 is 2.54 bits per heavy atom. The number of guanidine groups is 1. The van der Waals surface area contributed by atoms with E-state index in [1.165, 1.54) is 17.5 Å². The lowest BCUT2D eigenvalue weighted by atomic mass is 10.1. The average Bonchev–Trinajstić information content (AvgIpc) is 3.02.